The Hall–Kier alpha value is -1.88. The van der Waals surface area contributed by atoms with Gasteiger partial charge in [-0.15, -0.1) is 0 Å². The summed E-state index contributed by atoms with van der Waals surface area (Å²) < 4.78 is 6.31. The van der Waals surface area contributed by atoms with Gasteiger partial charge in [-0.25, -0.2) is 9.78 Å². The Morgan fingerprint density at radius 1 is 1.32 bits per heavy atom. The number of ether oxygens (including phenoxy) is 1. The van der Waals surface area contributed by atoms with Gasteiger partial charge in [0.15, 0.2) is 0 Å². The molecule has 1 aromatic carbocycles. The average Bonchev–Trinajstić information content (AvgIpc) is 2.36. The van der Waals surface area contributed by atoms with Gasteiger partial charge >= 0.3 is 5.97 Å². The standard InChI is InChI=1S/C14H12BrNO3/c1-8-3-4-11(10(7-8)14(17)18)19-13-12(15)9(2)5-6-16-13/h3-7H,1-2H3,(H,17,18). The van der Waals surface area contributed by atoms with Crippen LogP contribution in [0.1, 0.15) is 21.5 Å². The number of aryl methyl sites for hydroxylation is 2. The molecule has 0 bridgehead atoms. The predicted molar refractivity (Wildman–Crippen MR) is 74.9 cm³/mol. The molecule has 0 saturated carbocycles. The lowest BCUT2D eigenvalue weighted by Crippen LogP contribution is -2.01. The first-order valence-corrected chi connectivity index (χ1v) is 6.41. The zero-order chi connectivity index (χ0) is 14.0. The number of hydrogen-bond donors (Lipinski definition) is 1. The van der Waals surface area contributed by atoms with Crippen molar-refractivity contribution in [1.82, 2.24) is 4.98 Å². The van der Waals surface area contributed by atoms with Crippen LogP contribution in [0.4, 0.5) is 0 Å². The summed E-state index contributed by atoms with van der Waals surface area (Å²) in [4.78, 5) is 15.3. The molecule has 0 unspecified atom stereocenters. The third-order valence-corrected chi connectivity index (χ3v) is 3.59. The first kappa shape index (κ1) is 13.5. The van der Waals surface area contributed by atoms with Crippen LogP contribution in [0.3, 0.4) is 0 Å². The molecule has 2 aromatic rings. The molecule has 98 valence electrons. The number of carboxylic acids is 1. The fourth-order valence-corrected chi connectivity index (χ4v) is 1.91. The Morgan fingerprint density at radius 3 is 2.74 bits per heavy atom. The molecule has 0 amide bonds. The quantitative estimate of drug-likeness (QED) is 0.929. The van der Waals surface area contributed by atoms with E-state index in [2.05, 4.69) is 20.9 Å². The zero-order valence-corrected chi connectivity index (χ0v) is 12.1. The molecule has 1 N–H and O–H groups in total. The lowest BCUT2D eigenvalue weighted by atomic mass is 10.1. The van der Waals surface area contributed by atoms with Crippen molar-refractivity contribution in [3.05, 3.63) is 51.6 Å². The molecule has 0 spiro atoms. The molecule has 1 heterocycles. The maximum absolute atomic E-state index is 11.2. The second-order valence-corrected chi connectivity index (χ2v) is 4.95. The number of benzene rings is 1. The molecule has 1 aromatic heterocycles. The van der Waals surface area contributed by atoms with Gasteiger partial charge in [0, 0.05) is 6.20 Å². The second kappa shape index (κ2) is 5.40. The molecule has 19 heavy (non-hydrogen) atoms. The Bertz CT molecular complexity index is 641. The van der Waals surface area contributed by atoms with Gasteiger partial charge in [-0.1, -0.05) is 11.6 Å². The Balaban J connectivity index is 2.44. The van der Waals surface area contributed by atoms with Crippen molar-refractivity contribution < 1.29 is 14.6 Å². The highest BCUT2D eigenvalue weighted by atomic mass is 79.9. The Labute approximate surface area is 119 Å². The Kier molecular flexibility index (Phi) is 3.85. The van der Waals surface area contributed by atoms with Crippen molar-refractivity contribution in [1.29, 1.82) is 0 Å². The van der Waals surface area contributed by atoms with Crippen LogP contribution in [0.5, 0.6) is 11.6 Å². The maximum atomic E-state index is 11.2. The van der Waals surface area contributed by atoms with Crippen molar-refractivity contribution >= 4 is 21.9 Å². The number of aromatic nitrogens is 1. The second-order valence-electron chi connectivity index (χ2n) is 4.15. The molecule has 0 atom stereocenters. The number of rotatable bonds is 3. The van der Waals surface area contributed by atoms with E-state index in [9.17, 15) is 9.90 Å². The smallest absolute Gasteiger partial charge is 0.339 e. The summed E-state index contributed by atoms with van der Waals surface area (Å²) in [6, 6.07) is 6.84. The van der Waals surface area contributed by atoms with Crippen molar-refractivity contribution in [3.8, 4) is 11.6 Å². The number of aromatic carboxylic acids is 1. The summed E-state index contributed by atoms with van der Waals surface area (Å²) in [7, 11) is 0. The molecule has 0 aliphatic heterocycles. The van der Waals surface area contributed by atoms with Gasteiger partial charge in [0.25, 0.3) is 0 Å². The lowest BCUT2D eigenvalue weighted by Gasteiger charge is -2.10. The first-order chi connectivity index (χ1) is 8.99. The van der Waals surface area contributed by atoms with E-state index in [1.165, 1.54) is 0 Å². The predicted octanol–water partition coefficient (Wildman–Crippen LogP) is 3.95. The van der Waals surface area contributed by atoms with E-state index < -0.39 is 5.97 Å². The van der Waals surface area contributed by atoms with E-state index in [0.29, 0.717) is 10.4 Å². The summed E-state index contributed by atoms with van der Waals surface area (Å²) in [6.45, 7) is 3.74. The fraction of sp³-hybridized carbons (Fsp3) is 0.143. The molecule has 0 fully saturated rings. The summed E-state index contributed by atoms with van der Waals surface area (Å²) in [5.74, 6) is -0.397. The van der Waals surface area contributed by atoms with E-state index in [1.807, 2.05) is 19.9 Å². The molecule has 0 saturated heterocycles. The van der Waals surface area contributed by atoms with Crippen molar-refractivity contribution in [2.45, 2.75) is 13.8 Å². The van der Waals surface area contributed by atoms with E-state index in [1.54, 1.807) is 24.4 Å². The summed E-state index contributed by atoms with van der Waals surface area (Å²) in [5.41, 5.74) is 1.95. The summed E-state index contributed by atoms with van der Waals surface area (Å²) in [6.07, 6.45) is 1.62. The normalized spacial score (nSPS) is 10.3. The maximum Gasteiger partial charge on any atom is 0.339 e. The number of carbonyl (C=O) groups is 1. The molecule has 2 rings (SSSR count). The molecule has 0 radical (unpaired) electrons. The Morgan fingerprint density at radius 2 is 2.05 bits per heavy atom. The van der Waals surface area contributed by atoms with Gasteiger partial charge in [0.1, 0.15) is 11.3 Å². The fourth-order valence-electron chi connectivity index (χ4n) is 1.59. The molecular weight excluding hydrogens is 310 g/mol. The number of halogens is 1. The minimum atomic E-state index is -1.03. The van der Waals surface area contributed by atoms with Crippen LogP contribution >= 0.6 is 15.9 Å². The highest BCUT2D eigenvalue weighted by Gasteiger charge is 2.14. The largest absolute Gasteiger partial charge is 0.478 e. The van der Waals surface area contributed by atoms with Gasteiger partial charge in [-0.3, -0.25) is 0 Å². The zero-order valence-electron chi connectivity index (χ0n) is 10.5. The topological polar surface area (TPSA) is 59.4 Å². The minimum absolute atomic E-state index is 0.121. The van der Waals surface area contributed by atoms with Crippen LogP contribution in [0.2, 0.25) is 0 Å². The van der Waals surface area contributed by atoms with E-state index in [4.69, 9.17) is 4.74 Å². The molecule has 4 nitrogen and oxygen atoms in total. The van der Waals surface area contributed by atoms with Crippen LogP contribution in [0.15, 0.2) is 34.9 Å². The van der Waals surface area contributed by atoms with Crippen molar-refractivity contribution in [2.24, 2.45) is 0 Å². The van der Waals surface area contributed by atoms with E-state index >= 15 is 0 Å². The number of hydrogen-bond acceptors (Lipinski definition) is 3. The first-order valence-electron chi connectivity index (χ1n) is 5.62. The molecule has 5 heteroatoms. The summed E-state index contributed by atoms with van der Waals surface area (Å²) in [5, 5.41) is 9.18. The van der Waals surface area contributed by atoms with Crippen LogP contribution in [0.25, 0.3) is 0 Å². The van der Waals surface area contributed by atoms with Crippen molar-refractivity contribution in [2.75, 3.05) is 0 Å². The highest BCUT2D eigenvalue weighted by Crippen LogP contribution is 2.31. The summed E-state index contributed by atoms with van der Waals surface area (Å²) >= 11 is 3.38. The van der Waals surface area contributed by atoms with Gasteiger partial charge in [-0.2, -0.15) is 0 Å². The van der Waals surface area contributed by atoms with Crippen LogP contribution < -0.4 is 4.74 Å². The van der Waals surface area contributed by atoms with Gasteiger partial charge in [0.2, 0.25) is 5.88 Å². The van der Waals surface area contributed by atoms with Crippen LogP contribution in [-0.2, 0) is 0 Å². The van der Waals surface area contributed by atoms with E-state index in [-0.39, 0.29) is 11.3 Å². The number of nitrogens with zero attached hydrogens (tertiary/aromatic N) is 1. The lowest BCUT2D eigenvalue weighted by molar-refractivity contribution is 0.0694. The van der Waals surface area contributed by atoms with Gasteiger partial charge < -0.3 is 9.84 Å². The van der Waals surface area contributed by atoms with Gasteiger partial charge in [-0.05, 0) is 53.5 Å². The third-order valence-electron chi connectivity index (χ3n) is 2.62. The third kappa shape index (κ3) is 2.93. The minimum Gasteiger partial charge on any atom is -0.478 e. The van der Waals surface area contributed by atoms with Crippen molar-refractivity contribution in [3.63, 3.8) is 0 Å². The number of carboxylic acid groups (broad SMARTS) is 1. The van der Waals surface area contributed by atoms with Gasteiger partial charge in [0.05, 0.1) is 4.47 Å². The molecule has 0 aliphatic carbocycles. The highest BCUT2D eigenvalue weighted by molar-refractivity contribution is 9.10. The number of pyridine rings is 1. The van der Waals surface area contributed by atoms with Crippen LogP contribution in [0, 0.1) is 13.8 Å². The SMILES string of the molecule is Cc1ccc(Oc2nccc(C)c2Br)c(C(=O)O)c1. The monoisotopic (exact) mass is 321 g/mol. The molecular formula is C14H12BrNO3. The molecule has 0 aliphatic rings. The average molecular weight is 322 g/mol. The van der Waals surface area contributed by atoms with Crippen LogP contribution in [-0.4, -0.2) is 16.1 Å². The van der Waals surface area contributed by atoms with E-state index in [0.717, 1.165) is 11.1 Å².